The molecule has 0 N–H and O–H groups in total. The topological polar surface area (TPSA) is 27.7 Å². The van der Waals surface area contributed by atoms with E-state index in [0.717, 1.165) is 38.4 Å². The molecule has 1 aliphatic carbocycles. The summed E-state index contributed by atoms with van der Waals surface area (Å²) in [6.07, 6.45) is 7.08. The van der Waals surface area contributed by atoms with E-state index in [4.69, 9.17) is 25.8 Å². The van der Waals surface area contributed by atoms with Gasteiger partial charge in [-0.1, -0.05) is 20.3 Å². The first-order valence-electron chi connectivity index (χ1n) is 8.61. The minimum absolute atomic E-state index is 0.348. The van der Waals surface area contributed by atoms with Crippen LogP contribution in [0.1, 0.15) is 52.4 Å². The van der Waals surface area contributed by atoms with Gasteiger partial charge in [0, 0.05) is 18.6 Å². The van der Waals surface area contributed by atoms with Gasteiger partial charge in [-0.3, -0.25) is 0 Å². The van der Waals surface area contributed by atoms with E-state index in [0.29, 0.717) is 37.7 Å². The van der Waals surface area contributed by atoms with Gasteiger partial charge in [-0.25, -0.2) is 0 Å². The molecule has 3 atom stereocenters. The Balaban J connectivity index is 1.84. The third-order valence-corrected chi connectivity index (χ3v) is 4.75. The number of unbranched alkanes of at least 4 members (excludes halogenated alkanes) is 1. The van der Waals surface area contributed by atoms with E-state index in [-0.39, 0.29) is 0 Å². The van der Waals surface area contributed by atoms with E-state index in [2.05, 4.69) is 13.8 Å². The molecular formula is C17H33ClO3. The molecule has 126 valence electrons. The zero-order chi connectivity index (χ0) is 15.3. The third-order valence-electron chi connectivity index (χ3n) is 4.17. The first kappa shape index (κ1) is 19.2. The fourth-order valence-corrected chi connectivity index (χ4v) is 3.14. The van der Waals surface area contributed by atoms with Crippen LogP contribution in [0.3, 0.4) is 0 Å². The maximum atomic E-state index is 6.39. The number of halogens is 1. The molecular weight excluding hydrogens is 288 g/mol. The summed E-state index contributed by atoms with van der Waals surface area (Å²) in [5.41, 5.74) is 0. The molecule has 1 saturated carbocycles. The first-order chi connectivity index (χ1) is 10.2. The van der Waals surface area contributed by atoms with Crippen molar-refractivity contribution < 1.29 is 14.2 Å². The normalized spacial score (nSPS) is 26.1. The van der Waals surface area contributed by atoms with Gasteiger partial charge in [-0.2, -0.15) is 0 Å². The van der Waals surface area contributed by atoms with Gasteiger partial charge >= 0.3 is 0 Å². The molecule has 0 radical (unpaired) electrons. The molecule has 0 saturated heterocycles. The Kier molecular flexibility index (Phi) is 11.6. The monoisotopic (exact) mass is 320 g/mol. The van der Waals surface area contributed by atoms with Gasteiger partial charge in [-0.15, -0.1) is 11.6 Å². The standard InChI is InChI=1S/C17H33ClO3/c1-3-4-8-19-10-12-21-13-11-20-9-7-16-14-15(2)5-6-17(16)18/h15-17H,3-14H2,1-2H3. The molecule has 3 nitrogen and oxygen atoms in total. The van der Waals surface area contributed by atoms with Crippen LogP contribution in [0.25, 0.3) is 0 Å². The Labute approximate surface area is 135 Å². The number of hydrogen-bond donors (Lipinski definition) is 0. The SMILES string of the molecule is CCCCOCCOCCOCCC1CC(C)CCC1Cl. The van der Waals surface area contributed by atoms with Crippen LogP contribution in [0.5, 0.6) is 0 Å². The van der Waals surface area contributed by atoms with E-state index < -0.39 is 0 Å². The Morgan fingerprint density at radius 1 is 0.905 bits per heavy atom. The minimum Gasteiger partial charge on any atom is -0.379 e. The van der Waals surface area contributed by atoms with Crippen molar-refractivity contribution in [2.75, 3.05) is 39.6 Å². The Morgan fingerprint density at radius 2 is 1.52 bits per heavy atom. The smallest absolute Gasteiger partial charge is 0.0701 e. The average molecular weight is 321 g/mol. The molecule has 0 aliphatic heterocycles. The second-order valence-electron chi connectivity index (χ2n) is 6.17. The van der Waals surface area contributed by atoms with Crippen molar-refractivity contribution >= 4 is 11.6 Å². The van der Waals surface area contributed by atoms with Gasteiger partial charge in [0.2, 0.25) is 0 Å². The van der Waals surface area contributed by atoms with Gasteiger partial charge in [0.05, 0.1) is 26.4 Å². The van der Waals surface area contributed by atoms with Crippen molar-refractivity contribution in [3.8, 4) is 0 Å². The third kappa shape index (κ3) is 9.72. The highest BCUT2D eigenvalue weighted by atomic mass is 35.5. The largest absolute Gasteiger partial charge is 0.379 e. The zero-order valence-corrected chi connectivity index (χ0v) is 14.6. The number of rotatable bonds is 12. The van der Waals surface area contributed by atoms with E-state index in [1.165, 1.54) is 19.3 Å². The molecule has 21 heavy (non-hydrogen) atoms. The fourth-order valence-electron chi connectivity index (χ4n) is 2.78. The van der Waals surface area contributed by atoms with Gasteiger partial charge in [0.15, 0.2) is 0 Å². The molecule has 0 amide bonds. The van der Waals surface area contributed by atoms with Crippen LogP contribution < -0.4 is 0 Å². The molecule has 0 aromatic rings. The molecule has 1 aliphatic rings. The van der Waals surface area contributed by atoms with Crippen molar-refractivity contribution in [3.05, 3.63) is 0 Å². The van der Waals surface area contributed by atoms with Crippen molar-refractivity contribution in [3.63, 3.8) is 0 Å². The second kappa shape index (κ2) is 12.7. The van der Waals surface area contributed by atoms with E-state index in [1.54, 1.807) is 0 Å². The van der Waals surface area contributed by atoms with Gasteiger partial charge in [0.25, 0.3) is 0 Å². The lowest BCUT2D eigenvalue weighted by atomic mass is 9.80. The maximum Gasteiger partial charge on any atom is 0.0701 e. The Morgan fingerprint density at radius 3 is 2.19 bits per heavy atom. The number of alkyl halides is 1. The maximum absolute atomic E-state index is 6.39. The van der Waals surface area contributed by atoms with Crippen molar-refractivity contribution in [2.45, 2.75) is 57.7 Å². The summed E-state index contributed by atoms with van der Waals surface area (Å²) in [6.45, 7) is 8.81. The van der Waals surface area contributed by atoms with Gasteiger partial charge in [0.1, 0.15) is 0 Å². The van der Waals surface area contributed by atoms with Gasteiger partial charge in [-0.05, 0) is 43.9 Å². The lowest BCUT2D eigenvalue weighted by Crippen LogP contribution is -2.25. The predicted molar refractivity (Wildman–Crippen MR) is 88.1 cm³/mol. The van der Waals surface area contributed by atoms with Gasteiger partial charge < -0.3 is 14.2 Å². The van der Waals surface area contributed by atoms with Crippen LogP contribution >= 0.6 is 11.6 Å². The van der Waals surface area contributed by atoms with Crippen LogP contribution in [0, 0.1) is 11.8 Å². The van der Waals surface area contributed by atoms with Crippen LogP contribution in [0.4, 0.5) is 0 Å². The molecule has 3 unspecified atom stereocenters. The quantitative estimate of drug-likeness (QED) is 0.397. The summed E-state index contributed by atoms with van der Waals surface area (Å²) >= 11 is 6.39. The average Bonchev–Trinajstić information content (AvgIpc) is 2.48. The summed E-state index contributed by atoms with van der Waals surface area (Å²) in [6, 6.07) is 0. The highest BCUT2D eigenvalue weighted by molar-refractivity contribution is 6.20. The molecule has 0 aromatic heterocycles. The Bertz CT molecular complexity index is 238. The summed E-state index contributed by atoms with van der Waals surface area (Å²) in [4.78, 5) is 0. The van der Waals surface area contributed by atoms with Crippen molar-refractivity contribution in [1.29, 1.82) is 0 Å². The minimum atomic E-state index is 0.348. The number of ether oxygens (including phenoxy) is 3. The summed E-state index contributed by atoms with van der Waals surface area (Å²) in [7, 11) is 0. The van der Waals surface area contributed by atoms with E-state index >= 15 is 0 Å². The summed E-state index contributed by atoms with van der Waals surface area (Å²) < 4.78 is 16.5. The molecule has 0 spiro atoms. The summed E-state index contributed by atoms with van der Waals surface area (Å²) in [5, 5.41) is 0.348. The van der Waals surface area contributed by atoms with Crippen LogP contribution in [0.2, 0.25) is 0 Å². The fraction of sp³-hybridized carbons (Fsp3) is 1.00. The van der Waals surface area contributed by atoms with E-state index in [1.807, 2.05) is 0 Å². The number of hydrogen-bond acceptors (Lipinski definition) is 3. The highest BCUT2D eigenvalue weighted by Gasteiger charge is 2.26. The van der Waals surface area contributed by atoms with Crippen LogP contribution in [0.15, 0.2) is 0 Å². The predicted octanol–water partition coefficient (Wildman–Crippen LogP) is 4.27. The zero-order valence-electron chi connectivity index (χ0n) is 13.8. The van der Waals surface area contributed by atoms with Crippen LogP contribution in [-0.2, 0) is 14.2 Å². The second-order valence-corrected chi connectivity index (χ2v) is 6.73. The Hall–Kier alpha value is 0.170. The van der Waals surface area contributed by atoms with Crippen LogP contribution in [-0.4, -0.2) is 45.0 Å². The van der Waals surface area contributed by atoms with E-state index in [9.17, 15) is 0 Å². The first-order valence-corrected chi connectivity index (χ1v) is 9.05. The molecule has 0 aromatic carbocycles. The van der Waals surface area contributed by atoms with Crippen molar-refractivity contribution in [2.24, 2.45) is 11.8 Å². The van der Waals surface area contributed by atoms with Crippen molar-refractivity contribution in [1.82, 2.24) is 0 Å². The molecule has 1 fully saturated rings. The lowest BCUT2D eigenvalue weighted by molar-refractivity contribution is 0.0108. The molecule has 0 heterocycles. The summed E-state index contributed by atoms with van der Waals surface area (Å²) in [5.74, 6) is 1.45. The highest BCUT2D eigenvalue weighted by Crippen LogP contribution is 2.34. The molecule has 4 heteroatoms. The lowest BCUT2D eigenvalue weighted by Gasteiger charge is -2.31. The molecule has 0 bridgehead atoms. The molecule has 1 rings (SSSR count).